The first kappa shape index (κ1) is 20.2. The lowest BCUT2D eigenvalue weighted by molar-refractivity contribution is -0.143. The van der Waals surface area contributed by atoms with E-state index in [1.165, 1.54) is 0 Å². The van der Waals surface area contributed by atoms with Crippen LogP contribution in [0.15, 0.2) is 18.3 Å². The maximum absolute atomic E-state index is 11.9. The van der Waals surface area contributed by atoms with Crippen LogP contribution in [0.2, 0.25) is 0 Å². The molecule has 0 radical (unpaired) electrons. The van der Waals surface area contributed by atoms with Crippen LogP contribution in [0.1, 0.15) is 44.0 Å². The van der Waals surface area contributed by atoms with Gasteiger partial charge in [-0.3, -0.25) is 4.79 Å². The van der Waals surface area contributed by atoms with Crippen molar-refractivity contribution in [3.8, 4) is 0 Å². The SMILES string of the molecule is CC(C)C[C@H](C(=O)O)[C@H](Cc1ccc(N2CC(CCO)C2)nc1)c1nn[nH]n1. The molecule has 0 aliphatic carbocycles. The van der Waals surface area contributed by atoms with Crippen molar-refractivity contribution in [3.63, 3.8) is 0 Å². The molecule has 9 nitrogen and oxygen atoms in total. The summed E-state index contributed by atoms with van der Waals surface area (Å²) in [5, 5.41) is 32.9. The quantitative estimate of drug-likeness (QED) is 0.558. The van der Waals surface area contributed by atoms with Crippen molar-refractivity contribution in [2.45, 2.75) is 39.0 Å². The Morgan fingerprint density at radius 1 is 1.36 bits per heavy atom. The van der Waals surface area contributed by atoms with Crippen LogP contribution >= 0.6 is 0 Å². The van der Waals surface area contributed by atoms with Gasteiger partial charge in [0.05, 0.1) is 5.92 Å². The lowest BCUT2D eigenvalue weighted by Gasteiger charge is -2.40. The van der Waals surface area contributed by atoms with Crippen LogP contribution in [0.5, 0.6) is 0 Å². The van der Waals surface area contributed by atoms with E-state index in [9.17, 15) is 9.90 Å². The molecule has 1 aliphatic rings. The standard InChI is InChI=1S/C19H28N6O3/c1-12(2)7-16(19(27)28)15(18-21-23-24-22-18)8-13-3-4-17(20-9-13)25-10-14(11-25)5-6-26/h3-4,9,12,14-16,26H,5-8,10-11H2,1-2H3,(H,27,28)(H,21,22,23,24)/t15-,16-/m0/s1. The third kappa shape index (κ3) is 4.83. The van der Waals surface area contributed by atoms with E-state index in [2.05, 4.69) is 30.5 Å². The van der Waals surface area contributed by atoms with Gasteiger partial charge in [-0.15, -0.1) is 10.2 Å². The van der Waals surface area contributed by atoms with E-state index >= 15 is 0 Å². The molecule has 3 rings (SSSR count). The van der Waals surface area contributed by atoms with Crippen LogP contribution < -0.4 is 4.90 Å². The minimum atomic E-state index is -0.844. The molecule has 0 bridgehead atoms. The first-order chi connectivity index (χ1) is 13.5. The lowest BCUT2D eigenvalue weighted by Crippen LogP contribution is -2.47. The summed E-state index contributed by atoms with van der Waals surface area (Å²) in [7, 11) is 0. The molecule has 1 fully saturated rings. The molecule has 2 atom stereocenters. The van der Waals surface area contributed by atoms with Gasteiger partial charge < -0.3 is 15.1 Å². The van der Waals surface area contributed by atoms with Gasteiger partial charge in [0.1, 0.15) is 5.82 Å². The van der Waals surface area contributed by atoms with Gasteiger partial charge in [0, 0.05) is 31.8 Å². The molecule has 3 heterocycles. The Morgan fingerprint density at radius 2 is 2.14 bits per heavy atom. The van der Waals surface area contributed by atoms with E-state index in [0.717, 1.165) is 30.9 Å². The van der Waals surface area contributed by atoms with E-state index in [4.69, 9.17) is 5.11 Å². The smallest absolute Gasteiger partial charge is 0.307 e. The molecule has 3 N–H and O–H groups in total. The summed E-state index contributed by atoms with van der Waals surface area (Å²) >= 11 is 0. The van der Waals surface area contributed by atoms with Crippen LogP contribution in [0, 0.1) is 17.8 Å². The molecule has 2 aromatic rings. The first-order valence-corrected chi connectivity index (χ1v) is 9.74. The second-order valence-corrected chi connectivity index (χ2v) is 7.96. The number of aromatic amines is 1. The van der Waals surface area contributed by atoms with E-state index in [1.807, 2.05) is 26.0 Å². The Morgan fingerprint density at radius 3 is 2.68 bits per heavy atom. The molecule has 0 spiro atoms. The summed E-state index contributed by atoms with van der Waals surface area (Å²) in [6, 6.07) is 3.96. The molecule has 0 amide bonds. The number of aliphatic carboxylic acids is 1. The van der Waals surface area contributed by atoms with Crippen LogP contribution in [-0.4, -0.2) is 61.5 Å². The Bertz CT molecular complexity index is 744. The number of aromatic nitrogens is 5. The number of nitrogens with zero attached hydrogens (tertiary/aromatic N) is 5. The van der Waals surface area contributed by atoms with Crippen LogP contribution in [0.4, 0.5) is 5.82 Å². The number of aliphatic hydroxyl groups excluding tert-OH is 1. The van der Waals surface area contributed by atoms with Crippen molar-refractivity contribution in [3.05, 3.63) is 29.7 Å². The minimum absolute atomic E-state index is 0.226. The fourth-order valence-corrected chi connectivity index (χ4v) is 3.79. The zero-order valence-electron chi connectivity index (χ0n) is 16.3. The average Bonchev–Trinajstić information content (AvgIpc) is 3.15. The van der Waals surface area contributed by atoms with Crippen molar-refractivity contribution in [1.29, 1.82) is 0 Å². The summed E-state index contributed by atoms with van der Waals surface area (Å²) in [6.07, 6.45) is 3.66. The number of carboxylic acid groups (broad SMARTS) is 1. The summed E-state index contributed by atoms with van der Waals surface area (Å²) in [6.45, 7) is 6.07. The van der Waals surface area contributed by atoms with Crippen molar-refractivity contribution < 1.29 is 15.0 Å². The van der Waals surface area contributed by atoms with Gasteiger partial charge in [0.2, 0.25) is 0 Å². The van der Waals surface area contributed by atoms with Gasteiger partial charge in [-0.2, -0.15) is 5.21 Å². The monoisotopic (exact) mass is 388 g/mol. The van der Waals surface area contributed by atoms with Gasteiger partial charge in [-0.25, -0.2) is 4.98 Å². The molecule has 0 saturated carbocycles. The second-order valence-electron chi connectivity index (χ2n) is 7.96. The molecule has 0 unspecified atom stereocenters. The molecule has 1 saturated heterocycles. The van der Waals surface area contributed by atoms with Crippen molar-refractivity contribution in [2.75, 3.05) is 24.6 Å². The number of hydrogen-bond donors (Lipinski definition) is 3. The summed E-state index contributed by atoms with van der Waals surface area (Å²) < 4.78 is 0. The zero-order chi connectivity index (χ0) is 20.1. The van der Waals surface area contributed by atoms with Crippen LogP contribution in [0.3, 0.4) is 0 Å². The maximum atomic E-state index is 11.9. The molecule has 152 valence electrons. The fourth-order valence-electron chi connectivity index (χ4n) is 3.79. The highest BCUT2D eigenvalue weighted by atomic mass is 16.4. The van der Waals surface area contributed by atoms with E-state index in [0.29, 0.717) is 24.6 Å². The second kappa shape index (κ2) is 9.09. The summed E-state index contributed by atoms with van der Waals surface area (Å²) in [5.41, 5.74) is 0.945. The van der Waals surface area contributed by atoms with E-state index in [-0.39, 0.29) is 18.4 Å². The molecule has 28 heavy (non-hydrogen) atoms. The van der Waals surface area contributed by atoms with E-state index in [1.54, 1.807) is 6.20 Å². The first-order valence-electron chi connectivity index (χ1n) is 9.74. The highest BCUT2D eigenvalue weighted by molar-refractivity contribution is 5.71. The van der Waals surface area contributed by atoms with E-state index < -0.39 is 11.9 Å². The lowest BCUT2D eigenvalue weighted by atomic mass is 9.81. The number of pyridine rings is 1. The molecule has 2 aromatic heterocycles. The average molecular weight is 388 g/mol. The van der Waals surface area contributed by atoms with Crippen molar-refractivity contribution >= 4 is 11.8 Å². The van der Waals surface area contributed by atoms with Crippen LogP contribution in [0.25, 0.3) is 0 Å². The number of rotatable bonds is 10. The van der Waals surface area contributed by atoms with Gasteiger partial charge in [0.25, 0.3) is 0 Å². The third-order valence-corrected chi connectivity index (χ3v) is 5.30. The molecule has 1 aliphatic heterocycles. The number of H-pyrrole nitrogens is 1. The summed E-state index contributed by atoms with van der Waals surface area (Å²) in [5.74, 6) is 0.299. The predicted molar refractivity (Wildman–Crippen MR) is 103 cm³/mol. The number of aliphatic hydroxyl groups is 1. The predicted octanol–water partition coefficient (Wildman–Crippen LogP) is 1.49. The number of carboxylic acids is 1. The molecular weight excluding hydrogens is 360 g/mol. The van der Waals surface area contributed by atoms with Crippen LogP contribution in [-0.2, 0) is 11.2 Å². The Kier molecular flexibility index (Phi) is 6.56. The Hall–Kier alpha value is -2.55. The molecule has 9 heteroatoms. The number of carbonyl (C=O) groups is 1. The largest absolute Gasteiger partial charge is 0.481 e. The highest BCUT2D eigenvalue weighted by Gasteiger charge is 2.33. The third-order valence-electron chi connectivity index (χ3n) is 5.30. The summed E-state index contributed by atoms with van der Waals surface area (Å²) in [4.78, 5) is 18.6. The topological polar surface area (TPSA) is 128 Å². The van der Waals surface area contributed by atoms with Gasteiger partial charge in [0.15, 0.2) is 5.82 Å². The van der Waals surface area contributed by atoms with Crippen molar-refractivity contribution in [1.82, 2.24) is 25.6 Å². The zero-order valence-corrected chi connectivity index (χ0v) is 16.3. The van der Waals surface area contributed by atoms with Gasteiger partial charge in [-0.1, -0.05) is 25.1 Å². The Balaban J connectivity index is 1.71. The molecular formula is C19H28N6O3. The minimum Gasteiger partial charge on any atom is -0.481 e. The number of anilines is 1. The highest BCUT2D eigenvalue weighted by Crippen LogP contribution is 2.32. The molecule has 0 aromatic carbocycles. The van der Waals surface area contributed by atoms with Gasteiger partial charge in [-0.05, 0) is 42.7 Å². The van der Waals surface area contributed by atoms with Crippen molar-refractivity contribution in [2.24, 2.45) is 17.8 Å². The number of hydrogen-bond acceptors (Lipinski definition) is 7. The maximum Gasteiger partial charge on any atom is 0.307 e. The number of tetrazole rings is 1. The normalized spacial score (nSPS) is 16.8. The Labute approximate surface area is 164 Å². The van der Waals surface area contributed by atoms with Gasteiger partial charge >= 0.3 is 5.97 Å². The fraction of sp³-hybridized carbons (Fsp3) is 0.632. The number of nitrogens with one attached hydrogen (secondary N) is 1.